The van der Waals surface area contributed by atoms with Gasteiger partial charge in [0.25, 0.3) is 0 Å². The van der Waals surface area contributed by atoms with Crippen LogP contribution >= 0.6 is 0 Å². The molecule has 0 bridgehead atoms. The quantitative estimate of drug-likeness (QED) is 0.866. The molecule has 1 aliphatic carbocycles. The van der Waals surface area contributed by atoms with Crippen molar-refractivity contribution in [3.8, 4) is 0 Å². The molecule has 0 amide bonds. The Morgan fingerprint density at radius 1 is 1.08 bits per heavy atom. The number of imidazole rings is 1. The Morgan fingerprint density at radius 3 is 2.62 bits per heavy atom. The molecule has 1 N–H and O–H groups in total. The average Bonchev–Trinajstić information content (AvgIpc) is 3.32. The Labute approximate surface area is 157 Å². The average molecular weight is 354 g/mol. The van der Waals surface area contributed by atoms with Crippen LogP contribution in [-0.4, -0.2) is 59.8 Å². The number of aryl methyl sites for hydroxylation is 1. The third-order valence-corrected chi connectivity index (χ3v) is 6.01. The van der Waals surface area contributed by atoms with E-state index in [2.05, 4.69) is 68.2 Å². The van der Waals surface area contributed by atoms with Crippen LogP contribution in [0.2, 0.25) is 0 Å². The van der Waals surface area contributed by atoms with E-state index in [0.717, 1.165) is 39.3 Å². The van der Waals surface area contributed by atoms with Gasteiger partial charge in [0.05, 0.1) is 0 Å². The van der Waals surface area contributed by atoms with Gasteiger partial charge in [0.2, 0.25) is 0 Å². The number of anilines is 1. The monoisotopic (exact) mass is 353 g/mol. The molecule has 1 saturated heterocycles. The Bertz CT molecular complexity index is 675. The summed E-state index contributed by atoms with van der Waals surface area (Å²) >= 11 is 0. The number of hydrogen-bond acceptors (Lipinski definition) is 4. The summed E-state index contributed by atoms with van der Waals surface area (Å²) < 4.78 is 2.18. The summed E-state index contributed by atoms with van der Waals surface area (Å²) in [4.78, 5) is 9.63. The lowest BCUT2D eigenvalue weighted by molar-refractivity contribution is 0.253. The highest BCUT2D eigenvalue weighted by atomic mass is 15.3. The van der Waals surface area contributed by atoms with Crippen molar-refractivity contribution in [1.82, 2.24) is 19.8 Å². The van der Waals surface area contributed by atoms with E-state index in [1.807, 2.05) is 6.20 Å². The van der Waals surface area contributed by atoms with Crippen molar-refractivity contribution in [2.24, 2.45) is 7.05 Å². The number of benzene rings is 1. The zero-order valence-corrected chi connectivity index (χ0v) is 15.8. The summed E-state index contributed by atoms with van der Waals surface area (Å²) in [6.45, 7) is 6.85. The summed E-state index contributed by atoms with van der Waals surface area (Å²) in [7, 11) is 2.11. The van der Waals surface area contributed by atoms with Crippen LogP contribution in [-0.2, 0) is 7.05 Å². The smallest absolute Gasteiger partial charge is 0.111 e. The first kappa shape index (κ1) is 17.6. The van der Waals surface area contributed by atoms with E-state index in [0.29, 0.717) is 12.0 Å². The highest BCUT2D eigenvalue weighted by molar-refractivity contribution is 5.46. The van der Waals surface area contributed by atoms with Crippen molar-refractivity contribution in [3.63, 3.8) is 0 Å². The molecule has 5 heteroatoms. The van der Waals surface area contributed by atoms with Gasteiger partial charge in [-0.1, -0.05) is 18.2 Å². The van der Waals surface area contributed by atoms with E-state index in [4.69, 9.17) is 0 Å². The summed E-state index contributed by atoms with van der Waals surface area (Å²) in [6.07, 6.45) is 7.75. The maximum atomic E-state index is 4.54. The summed E-state index contributed by atoms with van der Waals surface area (Å²) in [6, 6.07) is 11.4. The van der Waals surface area contributed by atoms with Crippen LogP contribution in [0.15, 0.2) is 42.7 Å². The second-order valence-electron chi connectivity index (χ2n) is 7.72. The van der Waals surface area contributed by atoms with Gasteiger partial charge >= 0.3 is 0 Å². The van der Waals surface area contributed by atoms with Crippen molar-refractivity contribution in [3.05, 3.63) is 48.5 Å². The first-order valence-electron chi connectivity index (χ1n) is 10.0. The molecular weight excluding hydrogens is 322 g/mol. The number of para-hydroxylation sites is 1. The van der Waals surface area contributed by atoms with Gasteiger partial charge in [0.15, 0.2) is 0 Å². The molecule has 26 heavy (non-hydrogen) atoms. The van der Waals surface area contributed by atoms with Crippen LogP contribution in [0.25, 0.3) is 0 Å². The fraction of sp³-hybridized carbons (Fsp3) is 0.571. The highest BCUT2D eigenvalue weighted by Crippen LogP contribution is 2.33. The van der Waals surface area contributed by atoms with Crippen LogP contribution < -0.4 is 10.2 Å². The third-order valence-electron chi connectivity index (χ3n) is 6.01. The molecule has 2 atom stereocenters. The molecule has 140 valence electrons. The molecule has 1 saturated carbocycles. The Morgan fingerprint density at radius 2 is 1.88 bits per heavy atom. The first-order chi connectivity index (χ1) is 12.8. The van der Waals surface area contributed by atoms with E-state index >= 15 is 0 Å². The lowest BCUT2D eigenvalue weighted by Gasteiger charge is -2.36. The number of rotatable bonds is 6. The number of aromatic nitrogens is 2. The molecule has 2 unspecified atom stereocenters. The second-order valence-corrected chi connectivity index (χ2v) is 7.72. The third kappa shape index (κ3) is 4.10. The minimum Gasteiger partial charge on any atom is -0.369 e. The van der Waals surface area contributed by atoms with Gasteiger partial charge in [-0.05, 0) is 31.4 Å². The van der Waals surface area contributed by atoms with Crippen molar-refractivity contribution < 1.29 is 0 Å². The molecule has 1 aromatic heterocycles. The Balaban J connectivity index is 1.16. The van der Waals surface area contributed by atoms with E-state index < -0.39 is 0 Å². The lowest BCUT2D eigenvalue weighted by atomic mass is 10.1. The van der Waals surface area contributed by atoms with Crippen LogP contribution in [0.3, 0.4) is 0 Å². The number of nitrogens with zero attached hydrogens (tertiary/aromatic N) is 4. The van der Waals surface area contributed by atoms with Crippen LogP contribution in [0, 0.1) is 0 Å². The van der Waals surface area contributed by atoms with Gasteiger partial charge < -0.3 is 14.8 Å². The molecule has 2 aliphatic rings. The van der Waals surface area contributed by atoms with Crippen molar-refractivity contribution in [2.45, 2.75) is 31.2 Å². The van der Waals surface area contributed by atoms with E-state index in [1.54, 1.807) is 0 Å². The minimum absolute atomic E-state index is 0.627. The van der Waals surface area contributed by atoms with Gasteiger partial charge in [-0.3, -0.25) is 4.90 Å². The largest absolute Gasteiger partial charge is 0.369 e. The van der Waals surface area contributed by atoms with Crippen LogP contribution in [0.1, 0.15) is 31.0 Å². The Hall–Kier alpha value is -1.85. The zero-order valence-electron chi connectivity index (χ0n) is 15.8. The second kappa shape index (κ2) is 8.23. The lowest BCUT2D eigenvalue weighted by Crippen LogP contribution is -2.48. The van der Waals surface area contributed by atoms with Gasteiger partial charge in [-0.25, -0.2) is 4.98 Å². The minimum atomic E-state index is 0.627. The first-order valence-corrected chi connectivity index (χ1v) is 10.0. The molecule has 1 aromatic carbocycles. The fourth-order valence-electron chi connectivity index (χ4n) is 4.47. The van der Waals surface area contributed by atoms with Crippen molar-refractivity contribution in [2.75, 3.05) is 44.2 Å². The van der Waals surface area contributed by atoms with Crippen LogP contribution in [0.5, 0.6) is 0 Å². The molecule has 2 fully saturated rings. The van der Waals surface area contributed by atoms with Gasteiger partial charge in [-0.2, -0.15) is 0 Å². The Kier molecular flexibility index (Phi) is 5.56. The molecule has 4 rings (SSSR count). The maximum absolute atomic E-state index is 4.54. The molecule has 0 radical (unpaired) electrons. The van der Waals surface area contributed by atoms with Crippen molar-refractivity contribution in [1.29, 1.82) is 0 Å². The molecular formula is C21H31N5. The predicted molar refractivity (Wildman–Crippen MR) is 107 cm³/mol. The highest BCUT2D eigenvalue weighted by Gasteiger charge is 2.28. The van der Waals surface area contributed by atoms with E-state index in [-0.39, 0.29) is 0 Å². The number of hydrogen-bond donors (Lipinski definition) is 1. The van der Waals surface area contributed by atoms with E-state index in [1.165, 1.54) is 30.8 Å². The molecule has 2 heterocycles. The fourth-order valence-corrected chi connectivity index (χ4v) is 4.47. The van der Waals surface area contributed by atoms with E-state index in [9.17, 15) is 0 Å². The predicted octanol–water partition coefficient (Wildman–Crippen LogP) is 2.47. The van der Waals surface area contributed by atoms with Gasteiger partial charge in [0, 0.05) is 76.4 Å². The zero-order chi connectivity index (χ0) is 17.8. The summed E-state index contributed by atoms with van der Waals surface area (Å²) in [5.41, 5.74) is 1.36. The van der Waals surface area contributed by atoms with Crippen LogP contribution in [0.4, 0.5) is 5.69 Å². The standard InChI is InChI=1S/C21H31N5/c1-24-11-9-23-21(24)18-7-8-19(17-18)22-10-12-25-13-15-26(16-14-25)20-5-3-2-4-6-20/h2-6,9,11,18-19,22H,7-8,10,12-17H2,1H3. The van der Waals surface area contributed by atoms with Crippen molar-refractivity contribution >= 4 is 5.69 Å². The van der Waals surface area contributed by atoms with Gasteiger partial charge in [0.1, 0.15) is 5.82 Å². The molecule has 1 aliphatic heterocycles. The molecule has 2 aromatic rings. The normalized spacial score (nSPS) is 24.3. The molecule has 5 nitrogen and oxygen atoms in total. The topological polar surface area (TPSA) is 36.3 Å². The number of nitrogens with one attached hydrogen (secondary N) is 1. The number of piperazine rings is 1. The maximum Gasteiger partial charge on any atom is 0.111 e. The summed E-state index contributed by atoms with van der Waals surface area (Å²) in [5, 5.41) is 3.79. The summed E-state index contributed by atoms with van der Waals surface area (Å²) in [5.74, 6) is 1.88. The van der Waals surface area contributed by atoms with Gasteiger partial charge in [-0.15, -0.1) is 0 Å². The SMILES string of the molecule is Cn1ccnc1C1CCC(NCCN2CCN(c3ccccc3)CC2)C1. The molecule has 0 spiro atoms.